The summed E-state index contributed by atoms with van der Waals surface area (Å²) in [5.74, 6) is -0.329. The molecule has 0 atom stereocenters. The standard InChI is InChI=1S/C14H10ClN3OS2/c1-18-6-7-20-14(18)17-12(19)11-8-21-13(16-11)9-2-4-10(15)5-3-9/h2-8H,1H3. The molecule has 0 N–H and O–H groups in total. The van der Waals surface area contributed by atoms with Crippen LogP contribution in [0.25, 0.3) is 10.6 Å². The minimum absolute atomic E-state index is 0.329. The van der Waals surface area contributed by atoms with Gasteiger partial charge in [-0.05, 0) is 12.1 Å². The molecule has 0 fully saturated rings. The van der Waals surface area contributed by atoms with Crippen molar-refractivity contribution in [3.05, 3.63) is 56.7 Å². The Kier molecular flexibility index (Phi) is 4.01. The van der Waals surface area contributed by atoms with E-state index in [4.69, 9.17) is 11.6 Å². The van der Waals surface area contributed by atoms with Crippen LogP contribution in [-0.4, -0.2) is 15.5 Å². The summed E-state index contributed by atoms with van der Waals surface area (Å²) in [5, 5.41) is 5.06. The van der Waals surface area contributed by atoms with Crippen LogP contribution in [0.3, 0.4) is 0 Å². The second-order valence-electron chi connectivity index (χ2n) is 4.26. The molecule has 4 nitrogen and oxygen atoms in total. The van der Waals surface area contributed by atoms with E-state index in [1.54, 1.807) is 22.1 Å². The SMILES string of the molecule is Cn1ccsc1=NC(=O)c1csc(-c2ccc(Cl)cc2)n1. The zero-order valence-electron chi connectivity index (χ0n) is 11.0. The van der Waals surface area contributed by atoms with Gasteiger partial charge in [-0.2, -0.15) is 4.99 Å². The van der Waals surface area contributed by atoms with Gasteiger partial charge in [0.1, 0.15) is 10.7 Å². The van der Waals surface area contributed by atoms with Gasteiger partial charge in [0.05, 0.1) is 0 Å². The Morgan fingerprint density at radius 1 is 1.29 bits per heavy atom. The van der Waals surface area contributed by atoms with Crippen molar-refractivity contribution in [2.24, 2.45) is 12.0 Å². The molecule has 0 saturated heterocycles. The van der Waals surface area contributed by atoms with Crippen LogP contribution < -0.4 is 4.80 Å². The van der Waals surface area contributed by atoms with Crippen LogP contribution in [0.5, 0.6) is 0 Å². The third-order valence-electron chi connectivity index (χ3n) is 2.77. The molecule has 1 aromatic carbocycles. The number of benzene rings is 1. The largest absolute Gasteiger partial charge is 0.327 e. The second-order valence-corrected chi connectivity index (χ2v) is 6.43. The smallest absolute Gasteiger partial charge is 0.299 e. The van der Waals surface area contributed by atoms with Crippen LogP contribution in [0, 0.1) is 0 Å². The summed E-state index contributed by atoms with van der Waals surface area (Å²) in [4.78, 5) is 21.2. The number of nitrogens with zero attached hydrogens (tertiary/aromatic N) is 3. The van der Waals surface area contributed by atoms with E-state index in [9.17, 15) is 4.79 Å². The third kappa shape index (κ3) is 3.12. The average Bonchev–Trinajstić information content (AvgIpc) is 3.10. The molecule has 0 unspecified atom stereocenters. The highest BCUT2D eigenvalue weighted by Crippen LogP contribution is 2.25. The minimum Gasteiger partial charge on any atom is -0.327 e. The fraction of sp³-hybridized carbons (Fsp3) is 0.0714. The Morgan fingerprint density at radius 3 is 2.71 bits per heavy atom. The van der Waals surface area contributed by atoms with Gasteiger partial charge in [0.2, 0.25) is 0 Å². The number of halogens is 1. The summed E-state index contributed by atoms with van der Waals surface area (Å²) in [5.41, 5.74) is 1.29. The summed E-state index contributed by atoms with van der Waals surface area (Å²) in [6.07, 6.45) is 1.86. The normalized spacial score (nSPS) is 11.8. The van der Waals surface area contributed by atoms with E-state index in [0.29, 0.717) is 15.5 Å². The first-order chi connectivity index (χ1) is 10.1. The molecule has 1 amide bonds. The molecule has 3 aromatic rings. The van der Waals surface area contributed by atoms with Gasteiger partial charge in [0, 0.05) is 34.6 Å². The summed E-state index contributed by atoms with van der Waals surface area (Å²) >= 11 is 8.69. The number of aryl methyl sites for hydroxylation is 1. The van der Waals surface area contributed by atoms with E-state index in [2.05, 4.69) is 9.98 Å². The van der Waals surface area contributed by atoms with E-state index >= 15 is 0 Å². The Bertz CT molecular complexity index is 845. The highest BCUT2D eigenvalue weighted by atomic mass is 35.5. The molecule has 0 bridgehead atoms. The lowest BCUT2D eigenvalue weighted by Gasteiger charge is -1.95. The zero-order chi connectivity index (χ0) is 14.8. The molecule has 21 heavy (non-hydrogen) atoms. The minimum atomic E-state index is -0.329. The average molecular weight is 336 g/mol. The first-order valence-electron chi connectivity index (χ1n) is 6.04. The maximum absolute atomic E-state index is 12.1. The highest BCUT2D eigenvalue weighted by Gasteiger charge is 2.11. The molecule has 0 aliphatic rings. The molecular formula is C14H10ClN3OS2. The van der Waals surface area contributed by atoms with Gasteiger partial charge in [0.25, 0.3) is 5.91 Å². The lowest BCUT2D eigenvalue weighted by atomic mass is 10.2. The van der Waals surface area contributed by atoms with Gasteiger partial charge >= 0.3 is 0 Å². The molecule has 3 rings (SSSR count). The third-order valence-corrected chi connectivity index (χ3v) is 4.76. The van der Waals surface area contributed by atoms with Crippen molar-refractivity contribution in [2.75, 3.05) is 0 Å². The maximum atomic E-state index is 12.1. The zero-order valence-corrected chi connectivity index (χ0v) is 13.4. The van der Waals surface area contributed by atoms with E-state index in [0.717, 1.165) is 10.6 Å². The quantitative estimate of drug-likeness (QED) is 0.718. The van der Waals surface area contributed by atoms with E-state index < -0.39 is 0 Å². The van der Waals surface area contributed by atoms with Crippen molar-refractivity contribution in [1.29, 1.82) is 0 Å². The van der Waals surface area contributed by atoms with Gasteiger partial charge < -0.3 is 4.57 Å². The summed E-state index contributed by atoms with van der Waals surface area (Å²) in [6.45, 7) is 0. The summed E-state index contributed by atoms with van der Waals surface area (Å²) < 4.78 is 1.80. The Morgan fingerprint density at radius 2 is 2.05 bits per heavy atom. The molecule has 0 aliphatic carbocycles. The van der Waals surface area contributed by atoms with Crippen molar-refractivity contribution in [3.8, 4) is 10.6 Å². The van der Waals surface area contributed by atoms with Crippen molar-refractivity contribution in [1.82, 2.24) is 9.55 Å². The Hall–Kier alpha value is -1.76. The number of hydrogen-bond acceptors (Lipinski definition) is 4. The molecule has 0 saturated carbocycles. The van der Waals surface area contributed by atoms with Crippen molar-refractivity contribution < 1.29 is 4.79 Å². The number of aromatic nitrogens is 2. The Labute approximate surface area is 134 Å². The first-order valence-corrected chi connectivity index (χ1v) is 8.18. The molecule has 2 heterocycles. The van der Waals surface area contributed by atoms with Gasteiger partial charge in [-0.15, -0.1) is 22.7 Å². The second kappa shape index (κ2) is 5.93. The monoisotopic (exact) mass is 335 g/mol. The fourth-order valence-corrected chi connectivity index (χ4v) is 3.33. The number of rotatable bonds is 2. The van der Waals surface area contributed by atoms with Crippen molar-refractivity contribution in [3.63, 3.8) is 0 Å². The van der Waals surface area contributed by atoms with Gasteiger partial charge in [-0.25, -0.2) is 4.98 Å². The molecule has 2 aromatic heterocycles. The number of amides is 1. The number of hydrogen-bond donors (Lipinski definition) is 0. The van der Waals surface area contributed by atoms with Crippen LogP contribution in [0.2, 0.25) is 5.02 Å². The van der Waals surface area contributed by atoms with E-state index in [1.807, 2.05) is 30.8 Å². The predicted molar refractivity (Wildman–Crippen MR) is 85.7 cm³/mol. The lowest BCUT2D eigenvalue weighted by molar-refractivity contribution is 0.0994. The molecule has 106 valence electrons. The highest BCUT2D eigenvalue weighted by molar-refractivity contribution is 7.13. The van der Waals surface area contributed by atoms with Crippen LogP contribution >= 0.6 is 34.3 Å². The molecule has 0 radical (unpaired) electrons. The lowest BCUT2D eigenvalue weighted by Crippen LogP contribution is -2.12. The summed E-state index contributed by atoms with van der Waals surface area (Å²) in [7, 11) is 1.85. The van der Waals surface area contributed by atoms with Crippen molar-refractivity contribution >= 4 is 40.2 Å². The molecule has 7 heteroatoms. The van der Waals surface area contributed by atoms with E-state index in [1.165, 1.54) is 22.7 Å². The molecular weight excluding hydrogens is 326 g/mol. The maximum Gasteiger partial charge on any atom is 0.299 e. The summed E-state index contributed by atoms with van der Waals surface area (Å²) in [6, 6.07) is 7.36. The predicted octanol–water partition coefficient (Wildman–Crippen LogP) is 3.60. The van der Waals surface area contributed by atoms with E-state index in [-0.39, 0.29) is 5.91 Å². The van der Waals surface area contributed by atoms with Crippen molar-refractivity contribution in [2.45, 2.75) is 0 Å². The Balaban J connectivity index is 1.90. The number of carbonyl (C=O) groups excluding carboxylic acids is 1. The number of carbonyl (C=O) groups is 1. The first kappa shape index (κ1) is 14.2. The van der Waals surface area contributed by atoms with Crippen LogP contribution in [0.15, 0.2) is 46.2 Å². The fourth-order valence-electron chi connectivity index (χ4n) is 1.68. The number of thiazole rings is 2. The topological polar surface area (TPSA) is 47.2 Å². The molecule has 0 aliphatic heterocycles. The van der Waals surface area contributed by atoms with Crippen LogP contribution in [0.1, 0.15) is 10.5 Å². The van der Waals surface area contributed by atoms with Gasteiger partial charge in [-0.3, -0.25) is 4.79 Å². The molecule has 0 spiro atoms. The van der Waals surface area contributed by atoms with Gasteiger partial charge in [-0.1, -0.05) is 23.7 Å². The van der Waals surface area contributed by atoms with Gasteiger partial charge in [0.15, 0.2) is 4.80 Å². The van der Waals surface area contributed by atoms with Crippen LogP contribution in [-0.2, 0) is 7.05 Å². The van der Waals surface area contributed by atoms with Crippen LogP contribution in [0.4, 0.5) is 0 Å².